The van der Waals surface area contributed by atoms with Crippen LogP contribution in [0.25, 0.3) is 0 Å². The molecule has 0 aliphatic rings. The molecule has 0 bridgehead atoms. The van der Waals surface area contributed by atoms with E-state index in [1.165, 1.54) is 27.8 Å². The first-order valence-corrected chi connectivity index (χ1v) is 9.65. The predicted molar refractivity (Wildman–Crippen MR) is 104 cm³/mol. The summed E-state index contributed by atoms with van der Waals surface area (Å²) in [6.45, 7) is 8.41. The number of carbonyl (C=O) groups is 1. The van der Waals surface area contributed by atoms with Crippen molar-refractivity contribution in [2.24, 2.45) is 0 Å². The molecule has 0 fully saturated rings. The van der Waals surface area contributed by atoms with Gasteiger partial charge in [0.25, 0.3) is 0 Å². The molecule has 0 unspecified atom stereocenters. The topological polar surface area (TPSA) is 29.1 Å². The highest BCUT2D eigenvalue weighted by Crippen LogP contribution is 2.22. The van der Waals surface area contributed by atoms with E-state index in [9.17, 15) is 4.79 Å². The van der Waals surface area contributed by atoms with Crippen LogP contribution in [0.4, 0.5) is 0 Å². The minimum Gasteiger partial charge on any atom is -0.349 e. The van der Waals surface area contributed by atoms with E-state index in [0.29, 0.717) is 5.75 Å². The molecule has 0 aliphatic carbocycles. The second-order valence-electron chi connectivity index (χ2n) is 6.37. The normalized spacial score (nSPS) is 12.0. The van der Waals surface area contributed by atoms with Gasteiger partial charge in [-0.3, -0.25) is 4.79 Å². The predicted octanol–water partition coefficient (Wildman–Crippen LogP) is 5.11. The van der Waals surface area contributed by atoms with Crippen LogP contribution in [-0.4, -0.2) is 11.7 Å². The molecule has 0 aromatic heterocycles. The Kier molecular flexibility index (Phi) is 6.92. The Balaban J connectivity index is 1.86. The van der Waals surface area contributed by atoms with Gasteiger partial charge in [0.15, 0.2) is 0 Å². The summed E-state index contributed by atoms with van der Waals surface area (Å²) < 4.78 is 0. The summed E-state index contributed by atoms with van der Waals surface area (Å²) in [7, 11) is 0. The second kappa shape index (κ2) is 8.93. The van der Waals surface area contributed by atoms with Crippen molar-refractivity contribution in [2.45, 2.75) is 45.9 Å². The van der Waals surface area contributed by atoms with Gasteiger partial charge in [0.2, 0.25) is 5.91 Å². The van der Waals surface area contributed by atoms with E-state index in [2.05, 4.69) is 75.5 Å². The van der Waals surface area contributed by atoms with Crippen molar-refractivity contribution in [3.05, 3.63) is 70.3 Å². The largest absolute Gasteiger partial charge is 0.349 e. The quantitative estimate of drug-likeness (QED) is 0.758. The monoisotopic (exact) mass is 341 g/mol. The second-order valence-corrected chi connectivity index (χ2v) is 7.35. The van der Waals surface area contributed by atoms with Crippen molar-refractivity contribution in [3.8, 4) is 0 Å². The molecular weight excluding hydrogens is 314 g/mol. The number of aryl methyl sites for hydroxylation is 3. The number of benzene rings is 2. The van der Waals surface area contributed by atoms with E-state index in [-0.39, 0.29) is 11.9 Å². The van der Waals surface area contributed by atoms with Crippen LogP contribution in [-0.2, 0) is 10.5 Å². The van der Waals surface area contributed by atoms with Gasteiger partial charge in [-0.25, -0.2) is 0 Å². The fourth-order valence-corrected chi connectivity index (χ4v) is 3.60. The number of hydrogen-bond donors (Lipinski definition) is 1. The van der Waals surface area contributed by atoms with Gasteiger partial charge in [-0.1, -0.05) is 60.5 Å². The molecule has 2 rings (SSSR count). The first kappa shape index (κ1) is 18.6. The van der Waals surface area contributed by atoms with E-state index >= 15 is 0 Å². The summed E-state index contributed by atoms with van der Waals surface area (Å²) in [5, 5.41) is 3.18. The van der Waals surface area contributed by atoms with Crippen molar-refractivity contribution in [2.75, 3.05) is 5.75 Å². The van der Waals surface area contributed by atoms with Gasteiger partial charge in [-0.2, -0.15) is 0 Å². The van der Waals surface area contributed by atoms with Gasteiger partial charge in [0, 0.05) is 5.75 Å². The van der Waals surface area contributed by atoms with Crippen molar-refractivity contribution in [1.29, 1.82) is 0 Å². The van der Waals surface area contributed by atoms with Gasteiger partial charge in [-0.15, -0.1) is 11.8 Å². The molecule has 1 N–H and O–H groups in total. The molecule has 0 aliphatic heterocycles. The van der Waals surface area contributed by atoms with Crippen LogP contribution in [0.3, 0.4) is 0 Å². The van der Waals surface area contributed by atoms with Crippen molar-refractivity contribution in [3.63, 3.8) is 0 Å². The van der Waals surface area contributed by atoms with E-state index in [1.807, 2.05) is 0 Å². The van der Waals surface area contributed by atoms with Gasteiger partial charge < -0.3 is 5.32 Å². The van der Waals surface area contributed by atoms with Crippen LogP contribution in [0.1, 0.15) is 47.2 Å². The van der Waals surface area contributed by atoms with Crippen LogP contribution in [0.2, 0.25) is 0 Å². The Labute approximate surface area is 150 Å². The maximum atomic E-state index is 12.3. The summed E-state index contributed by atoms with van der Waals surface area (Å²) in [5.41, 5.74) is 6.25. The number of nitrogens with one attached hydrogen (secondary N) is 1. The molecule has 0 radical (unpaired) electrons. The molecule has 1 amide bonds. The van der Waals surface area contributed by atoms with Crippen molar-refractivity contribution >= 4 is 17.7 Å². The summed E-state index contributed by atoms with van der Waals surface area (Å²) in [5.74, 6) is 1.47. The average molecular weight is 342 g/mol. The SMILES string of the molecule is CC[C@@H](NC(=O)CSCc1ccc(C)cc1)c1ccc(C)cc1C. The zero-order valence-electron chi connectivity index (χ0n) is 15.1. The number of amides is 1. The number of rotatable bonds is 7. The number of thioether (sulfide) groups is 1. The lowest BCUT2D eigenvalue weighted by atomic mass is 9.97. The summed E-state index contributed by atoms with van der Waals surface area (Å²) >= 11 is 1.66. The Bertz CT molecular complexity index is 679. The highest BCUT2D eigenvalue weighted by molar-refractivity contribution is 7.99. The molecule has 0 saturated heterocycles. The average Bonchev–Trinajstić information content (AvgIpc) is 2.55. The minimum absolute atomic E-state index is 0.0954. The maximum Gasteiger partial charge on any atom is 0.230 e. The molecule has 2 nitrogen and oxygen atoms in total. The van der Waals surface area contributed by atoms with Gasteiger partial charge in [0.05, 0.1) is 11.8 Å². The van der Waals surface area contributed by atoms with E-state index < -0.39 is 0 Å². The van der Waals surface area contributed by atoms with Crippen molar-refractivity contribution in [1.82, 2.24) is 5.32 Å². The molecule has 0 spiro atoms. The molecule has 0 heterocycles. The lowest BCUT2D eigenvalue weighted by molar-refractivity contribution is -0.119. The smallest absolute Gasteiger partial charge is 0.230 e. The minimum atomic E-state index is 0.0954. The molecule has 24 heavy (non-hydrogen) atoms. The van der Waals surface area contributed by atoms with E-state index in [0.717, 1.165) is 12.2 Å². The summed E-state index contributed by atoms with van der Waals surface area (Å²) in [6, 6.07) is 15.0. The molecule has 3 heteroatoms. The first-order valence-electron chi connectivity index (χ1n) is 8.49. The standard InChI is InChI=1S/C21H27NOS/c1-5-20(19-11-8-16(3)12-17(19)4)22-21(23)14-24-13-18-9-6-15(2)7-10-18/h6-12,20H,5,13-14H2,1-4H3,(H,22,23)/t20-/m1/s1. The zero-order valence-corrected chi connectivity index (χ0v) is 15.9. The van der Waals surface area contributed by atoms with E-state index in [1.54, 1.807) is 11.8 Å². The molecule has 0 saturated carbocycles. The van der Waals surface area contributed by atoms with Gasteiger partial charge in [0.1, 0.15) is 0 Å². The zero-order chi connectivity index (χ0) is 17.5. The Hall–Kier alpha value is -1.74. The Morgan fingerprint density at radius 2 is 1.71 bits per heavy atom. The van der Waals surface area contributed by atoms with Gasteiger partial charge >= 0.3 is 0 Å². The molecule has 2 aromatic carbocycles. The highest BCUT2D eigenvalue weighted by Gasteiger charge is 2.14. The molecular formula is C21H27NOS. The number of carbonyl (C=O) groups excluding carboxylic acids is 1. The fourth-order valence-electron chi connectivity index (χ4n) is 2.80. The van der Waals surface area contributed by atoms with Crippen molar-refractivity contribution < 1.29 is 4.79 Å². The Morgan fingerprint density at radius 1 is 1.04 bits per heavy atom. The van der Waals surface area contributed by atoms with Crippen LogP contribution >= 0.6 is 11.8 Å². The lowest BCUT2D eigenvalue weighted by Crippen LogP contribution is -2.30. The van der Waals surface area contributed by atoms with Gasteiger partial charge in [-0.05, 0) is 43.9 Å². The highest BCUT2D eigenvalue weighted by atomic mass is 32.2. The third-order valence-electron chi connectivity index (χ3n) is 4.17. The third kappa shape index (κ3) is 5.41. The third-order valence-corrected chi connectivity index (χ3v) is 5.17. The summed E-state index contributed by atoms with van der Waals surface area (Å²) in [4.78, 5) is 12.3. The summed E-state index contributed by atoms with van der Waals surface area (Å²) in [6.07, 6.45) is 0.901. The van der Waals surface area contributed by atoms with Crippen LogP contribution < -0.4 is 5.32 Å². The van der Waals surface area contributed by atoms with Crippen LogP contribution in [0.5, 0.6) is 0 Å². The maximum absolute atomic E-state index is 12.3. The van der Waals surface area contributed by atoms with Crippen LogP contribution in [0.15, 0.2) is 42.5 Å². The fraction of sp³-hybridized carbons (Fsp3) is 0.381. The Morgan fingerprint density at radius 3 is 2.33 bits per heavy atom. The molecule has 128 valence electrons. The lowest BCUT2D eigenvalue weighted by Gasteiger charge is -2.20. The molecule has 1 atom stereocenters. The van der Waals surface area contributed by atoms with Crippen LogP contribution in [0, 0.1) is 20.8 Å². The number of hydrogen-bond acceptors (Lipinski definition) is 2. The first-order chi connectivity index (χ1) is 11.5. The molecule has 2 aromatic rings. The van der Waals surface area contributed by atoms with E-state index in [4.69, 9.17) is 0 Å².